The monoisotopic (exact) mass is 310 g/mol. The molecule has 1 aliphatic carbocycles. The number of rotatable bonds is 1. The summed E-state index contributed by atoms with van der Waals surface area (Å²) in [5.41, 5.74) is 0.650. The maximum Gasteiger partial charge on any atom is 0.255 e. The van der Waals surface area contributed by atoms with Gasteiger partial charge in [0.15, 0.2) is 0 Å². The molecule has 96 valence electrons. The number of hydrogen-bond donors (Lipinski definition) is 0. The third kappa shape index (κ3) is 2.17. The van der Waals surface area contributed by atoms with Crippen molar-refractivity contribution in [3.63, 3.8) is 0 Å². The van der Waals surface area contributed by atoms with Gasteiger partial charge in [0.1, 0.15) is 0 Å². The highest BCUT2D eigenvalue weighted by Crippen LogP contribution is 2.30. The van der Waals surface area contributed by atoms with Gasteiger partial charge in [-0.15, -0.1) is 0 Å². The summed E-state index contributed by atoms with van der Waals surface area (Å²) < 4.78 is 6.56. The van der Waals surface area contributed by atoms with Gasteiger partial charge >= 0.3 is 0 Å². The van der Waals surface area contributed by atoms with Crippen molar-refractivity contribution >= 4 is 21.8 Å². The molecular weight excluding hydrogens is 296 g/mol. The lowest BCUT2D eigenvalue weighted by atomic mass is 10.1. The Kier molecular flexibility index (Phi) is 3.35. The number of nitrogens with zero attached hydrogens (tertiary/aromatic N) is 2. The van der Waals surface area contributed by atoms with Crippen LogP contribution in [0.25, 0.3) is 0 Å². The summed E-state index contributed by atoms with van der Waals surface area (Å²) in [7, 11) is 0. The Morgan fingerprint density at radius 2 is 2.33 bits per heavy atom. The molecule has 1 saturated heterocycles. The fourth-order valence-electron chi connectivity index (χ4n) is 2.87. The number of ether oxygens (including phenoxy) is 1. The number of hydrogen-bond acceptors (Lipinski definition) is 3. The number of halogens is 1. The van der Waals surface area contributed by atoms with Crippen molar-refractivity contribution in [1.29, 1.82) is 0 Å². The van der Waals surface area contributed by atoms with Crippen LogP contribution in [0.15, 0.2) is 22.9 Å². The molecule has 0 bridgehead atoms. The van der Waals surface area contributed by atoms with E-state index in [1.807, 2.05) is 11.0 Å². The van der Waals surface area contributed by atoms with Gasteiger partial charge in [0.05, 0.1) is 24.3 Å². The van der Waals surface area contributed by atoms with E-state index in [0.29, 0.717) is 18.7 Å². The van der Waals surface area contributed by atoms with E-state index in [1.165, 1.54) is 0 Å². The van der Waals surface area contributed by atoms with Crippen LogP contribution < -0.4 is 0 Å². The van der Waals surface area contributed by atoms with Crippen molar-refractivity contribution in [2.24, 2.45) is 0 Å². The number of pyridine rings is 1. The van der Waals surface area contributed by atoms with Crippen LogP contribution in [0.5, 0.6) is 0 Å². The predicted octanol–water partition coefficient (Wildman–Crippen LogP) is 2.24. The Bertz CT molecular complexity index is 466. The second-order valence-electron chi connectivity index (χ2n) is 4.80. The van der Waals surface area contributed by atoms with Gasteiger partial charge in [-0.05, 0) is 41.3 Å². The van der Waals surface area contributed by atoms with Gasteiger partial charge in [-0.25, -0.2) is 0 Å². The fourth-order valence-corrected chi connectivity index (χ4v) is 3.24. The SMILES string of the molecule is O=C(c1cncc(Br)c1)N1CCO[C@@H]2CCC[C@H]21. The highest BCUT2D eigenvalue weighted by Gasteiger charge is 2.38. The van der Waals surface area contributed by atoms with Crippen LogP contribution in [0.2, 0.25) is 0 Å². The summed E-state index contributed by atoms with van der Waals surface area (Å²) in [5, 5.41) is 0. The third-order valence-electron chi connectivity index (χ3n) is 3.69. The van der Waals surface area contributed by atoms with Gasteiger partial charge in [0.2, 0.25) is 0 Å². The third-order valence-corrected chi connectivity index (χ3v) is 4.13. The quantitative estimate of drug-likeness (QED) is 0.799. The molecule has 1 saturated carbocycles. The van der Waals surface area contributed by atoms with Crippen LogP contribution in [0.4, 0.5) is 0 Å². The molecular formula is C13H15BrN2O2. The molecule has 3 rings (SSSR count). The minimum absolute atomic E-state index is 0.0731. The largest absolute Gasteiger partial charge is 0.374 e. The Balaban J connectivity index is 1.83. The molecule has 1 aliphatic heterocycles. The summed E-state index contributed by atoms with van der Waals surface area (Å²) >= 11 is 3.35. The predicted molar refractivity (Wildman–Crippen MR) is 70.4 cm³/mol. The molecule has 0 N–H and O–H groups in total. The second-order valence-corrected chi connectivity index (χ2v) is 5.71. The number of aromatic nitrogens is 1. The molecule has 4 nitrogen and oxygen atoms in total. The first kappa shape index (κ1) is 12.1. The topological polar surface area (TPSA) is 42.4 Å². The second kappa shape index (κ2) is 4.97. The van der Waals surface area contributed by atoms with Crippen molar-refractivity contribution in [2.45, 2.75) is 31.4 Å². The molecule has 1 aromatic rings. The average Bonchev–Trinajstić information content (AvgIpc) is 2.86. The van der Waals surface area contributed by atoms with Crippen molar-refractivity contribution < 1.29 is 9.53 Å². The Labute approximate surface area is 114 Å². The zero-order chi connectivity index (χ0) is 12.5. The molecule has 5 heteroatoms. The normalized spacial score (nSPS) is 27.1. The summed E-state index contributed by atoms with van der Waals surface area (Å²) in [6.07, 6.45) is 6.84. The zero-order valence-corrected chi connectivity index (χ0v) is 11.6. The van der Waals surface area contributed by atoms with Crippen LogP contribution in [-0.4, -0.2) is 41.1 Å². The van der Waals surface area contributed by atoms with Crippen LogP contribution in [0, 0.1) is 0 Å². The van der Waals surface area contributed by atoms with Crippen molar-refractivity contribution in [2.75, 3.05) is 13.2 Å². The van der Waals surface area contributed by atoms with Gasteiger partial charge < -0.3 is 9.64 Å². The molecule has 0 radical (unpaired) electrons. The van der Waals surface area contributed by atoms with E-state index in [1.54, 1.807) is 12.4 Å². The number of carbonyl (C=O) groups is 1. The molecule has 1 amide bonds. The Morgan fingerprint density at radius 3 is 3.17 bits per heavy atom. The molecule has 2 aliphatic rings. The summed E-state index contributed by atoms with van der Waals surface area (Å²) in [6.45, 7) is 1.33. The van der Waals surface area contributed by atoms with Crippen LogP contribution in [0.1, 0.15) is 29.6 Å². The first-order valence-corrected chi connectivity index (χ1v) is 7.08. The molecule has 0 unspecified atom stereocenters. The van der Waals surface area contributed by atoms with Gasteiger partial charge in [-0.3, -0.25) is 9.78 Å². The van der Waals surface area contributed by atoms with Gasteiger partial charge in [-0.1, -0.05) is 0 Å². The van der Waals surface area contributed by atoms with Gasteiger partial charge in [0.25, 0.3) is 5.91 Å². The van der Waals surface area contributed by atoms with Crippen LogP contribution in [-0.2, 0) is 4.74 Å². The lowest BCUT2D eigenvalue weighted by molar-refractivity contribution is -0.0445. The number of carbonyl (C=O) groups excluding carboxylic acids is 1. The molecule has 0 aromatic carbocycles. The van der Waals surface area contributed by atoms with E-state index < -0.39 is 0 Å². The van der Waals surface area contributed by atoms with Crippen molar-refractivity contribution in [3.05, 3.63) is 28.5 Å². The minimum Gasteiger partial charge on any atom is -0.374 e. The highest BCUT2D eigenvalue weighted by molar-refractivity contribution is 9.10. The standard InChI is InChI=1S/C13H15BrN2O2/c14-10-6-9(7-15-8-10)13(17)16-4-5-18-12-3-1-2-11(12)16/h6-8,11-12H,1-5H2/t11-,12-/m1/s1. The molecule has 0 spiro atoms. The summed E-state index contributed by atoms with van der Waals surface area (Å²) in [5.74, 6) is 0.0731. The summed E-state index contributed by atoms with van der Waals surface area (Å²) in [6, 6.07) is 2.08. The Morgan fingerprint density at radius 1 is 1.44 bits per heavy atom. The Hall–Kier alpha value is -0.940. The van der Waals surface area contributed by atoms with E-state index in [-0.39, 0.29) is 18.1 Å². The molecule has 18 heavy (non-hydrogen) atoms. The number of morpholine rings is 1. The zero-order valence-electron chi connectivity index (χ0n) is 10.0. The highest BCUT2D eigenvalue weighted by atomic mass is 79.9. The smallest absolute Gasteiger partial charge is 0.255 e. The van der Waals surface area contributed by atoms with Crippen molar-refractivity contribution in [3.8, 4) is 0 Å². The molecule has 2 atom stereocenters. The van der Waals surface area contributed by atoms with E-state index in [2.05, 4.69) is 20.9 Å². The molecule has 2 heterocycles. The first-order chi connectivity index (χ1) is 8.75. The lowest BCUT2D eigenvalue weighted by Crippen LogP contribution is -2.51. The van der Waals surface area contributed by atoms with Crippen molar-refractivity contribution in [1.82, 2.24) is 9.88 Å². The minimum atomic E-state index is 0.0731. The van der Waals surface area contributed by atoms with Gasteiger partial charge in [-0.2, -0.15) is 0 Å². The lowest BCUT2D eigenvalue weighted by Gasteiger charge is -2.37. The maximum atomic E-state index is 12.5. The van der Waals surface area contributed by atoms with E-state index >= 15 is 0 Å². The summed E-state index contributed by atoms with van der Waals surface area (Å²) in [4.78, 5) is 18.5. The average molecular weight is 311 g/mol. The van der Waals surface area contributed by atoms with Gasteiger partial charge in [0, 0.05) is 23.4 Å². The number of amides is 1. The fraction of sp³-hybridized carbons (Fsp3) is 0.538. The van der Waals surface area contributed by atoms with E-state index in [9.17, 15) is 4.79 Å². The van der Waals surface area contributed by atoms with E-state index in [0.717, 1.165) is 23.7 Å². The van der Waals surface area contributed by atoms with Crippen LogP contribution in [0.3, 0.4) is 0 Å². The first-order valence-electron chi connectivity index (χ1n) is 6.29. The van der Waals surface area contributed by atoms with E-state index in [4.69, 9.17) is 4.74 Å². The number of fused-ring (bicyclic) bond motifs is 1. The molecule has 1 aromatic heterocycles. The van der Waals surface area contributed by atoms with Crippen LogP contribution >= 0.6 is 15.9 Å². The molecule has 2 fully saturated rings. The maximum absolute atomic E-state index is 12.5.